The average Bonchev–Trinajstić information content (AvgIpc) is 2.98. The molecule has 24 heavy (non-hydrogen) atoms. The number of nitrogens with one attached hydrogen (secondary N) is 1. The summed E-state index contributed by atoms with van der Waals surface area (Å²) >= 11 is 0. The Bertz CT molecular complexity index is 752. The normalized spacial score (nSPS) is 10.5. The lowest BCUT2D eigenvalue weighted by Gasteiger charge is -2.02. The molecule has 8 heteroatoms. The molecule has 0 fully saturated rings. The second-order valence-corrected chi connectivity index (χ2v) is 5.16. The molecule has 126 valence electrons. The summed E-state index contributed by atoms with van der Waals surface area (Å²) in [6, 6.07) is 8.13. The number of rotatable bonds is 6. The first-order valence-electron chi connectivity index (χ1n) is 7.45. The summed E-state index contributed by atoms with van der Waals surface area (Å²) in [5.74, 6) is -2.66. The highest BCUT2D eigenvalue weighted by atomic mass is 16.5. The summed E-state index contributed by atoms with van der Waals surface area (Å²) in [5, 5.41) is 6.19. The molecule has 0 spiro atoms. The number of ether oxygens (including phenoxy) is 1. The smallest absolute Gasteiger partial charge is 0.386 e. The fourth-order valence-electron chi connectivity index (χ4n) is 1.97. The molecule has 1 amide bonds. The van der Waals surface area contributed by atoms with Crippen molar-refractivity contribution in [3.8, 4) is 0 Å². The van der Waals surface area contributed by atoms with Crippen LogP contribution in [0, 0.1) is 0 Å². The average molecular weight is 332 g/mol. The number of Topliss-reactive ketones (excluding diaryl/α,β-unsaturated/α-hetero) is 1. The van der Waals surface area contributed by atoms with Crippen LogP contribution in [0.3, 0.4) is 0 Å². The van der Waals surface area contributed by atoms with Crippen molar-refractivity contribution in [3.05, 3.63) is 41.6 Å². The van der Waals surface area contributed by atoms with Gasteiger partial charge in [0.25, 0.3) is 5.91 Å². The molecular formula is C16H18N3O5+. The summed E-state index contributed by atoms with van der Waals surface area (Å²) in [7, 11) is 0. The zero-order chi connectivity index (χ0) is 17.7. The maximum absolute atomic E-state index is 12.3. The molecule has 0 radical (unpaired) electrons. The molecule has 0 saturated heterocycles. The molecule has 8 nitrogen and oxygen atoms in total. The molecule has 2 aromatic rings. The number of benzene rings is 1. The second-order valence-electron chi connectivity index (χ2n) is 5.16. The number of carbonyl (C=O) groups excluding carboxylic acids is 3. The van der Waals surface area contributed by atoms with Crippen LogP contribution in [-0.4, -0.2) is 29.5 Å². The van der Waals surface area contributed by atoms with Crippen molar-refractivity contribution in [1.29, 1.82) is 0 Å². The third kappa shape index (κ3) is 3.65. The summed E-state index contributed by atoms with van der Waals surface area (Å²) in [6.45, 7) is 5.16. The zero-order valence-electron chi connectivity index (χ0n) is 13.6. The molecule has 1 aromatic heterocycles. The Hall–Kier alpha value is -3.03. The van der Waals surface area contributed by atoms with E-state index in [2.05, 4.69) is 10.6 Å². The van der Waals surface area contributed by atoms with Crippen molar-refractivity contribution in [3.63, 3.8) is 0 Å². The summed E-state index contributed by atoms with van der Waals surface area (Å²) in [5.41, 5.74) is 0.215. The van der Waals surface area contributed by atoms with Crippen molar-refractivity contribution < 1.29 is 28.3 Å². The lowest BCUT2D eigenvalue weighted by molar-refractivity contribution is -0.780. The molecule has 0 bridgehead atoms. The number of hydrogen-bond acceptors (Lipinski definition) is 6. The Labute approximate surface area is 138 Å². The van der Waals surface area contributed by atoms with E-state index in [4.69, 9.17) is 9.26 Å². The zero-order valence-corrected chi connectivity index (χ0v) is 13.6. The van der Waals surface area contributed by atoms with Gasteiger partial charge in [-0.1, -0.05) is 18.2 Å². The molecule has 1 heterocycles. The number of esters is 1. The molecule has 0 aliphatic heterocycles. The fourth-order valence-corrected chi connectivity index (χ4v) is 1.97. The third-order valence-corrected chi connectivity index (χ3v) is 3.09. The summed E-state index contributed by atoms with van der Waals surface area (Å²) in [6.07, 6.45) is 0. The monoisotopic (exact) mass is 332 g/mol. The van der Waals surface area contributed by atoms with Crippen LogP contribution in [0.5, 0.6) is 0 Å². The van der Waals surface area contributed by atoms with E-state index in [9.17, 15) is 14.4 Å². The van der Waals surface area contributed by atoms with Crippen LogP contribution in [-0.2, 0) is 9.53 Å². The number of carbonyl (C=O) groups is 3. The Kier molecular flexibility index (Phi) is 5.41. The van der Waals surface area contributed by atoms with Crippen molar-refractivity contribution >= 4 is 23.5 Å². The van der Waals surface area contributed by atoms with Gasteiger partial charge in [-0.15, -0.1) is 0 Å². The summed E-state index contributed by atoms with van der Waals surface area (Å²) < 4.78 is 11.0. The van der Waals surface area contributed by atoms with Gasteiger partial charge in [-0.3, -0.25) is 19.4 Å². The van der Waals surface area contributed by atoms with Gasteiger partial charge >= 0.3 is 23.3 Å². The fraction of sp³-hybridized carbons (Fsp3) is 0.312. The van der Waals surface area contributed by atoms with Crippen LogP contribution in [0.25, 0.3) is 0 Å². The lowest BCUT2D eigenvalue weighted by Crippen LogP contribution is -2.45. The molecule has 0 saturated carbocycles. The highest BCUT2D eigenvalue weighted by Crippen LogP contribution is 2.15. The number of amides is 1. The van der Waals surface area contributed by atoms with Crippen LogP contribution in [0.1, 0.15) is 47.7 Å². The first-order valence-corrected chi connectivity index (χ1v) is 7.45. The van der Waals surface area contributed by atoms with Crippen molar-refractivity contribution in [2.75, 3.05) is 11.9 Å². The van der Waals surface area contributed by atoms with E-state index in [0.29, 0.717) is 5.56 Å². The van der Waals surface area contributed by atoms with Gasteiger partial charge in [0.2, 0.25) is 5.27 Å². The van der Waals surface area contributed by atoms with Gasteiger partial charge in [0, 0.05) is 19.4 Å². The molecule has 2 rings (SSSR count). The SMILES string of the molecule is CCOC(=O)C(=O)c1c(NC(=O)c2ccccc2)on[n+]1C(C)C. The van der Waals surface area contributed by atoms with Gasteiger partial charge in [-0.25, -0.2) is 4.79 Å². The number of nitrogens with zero attached hydrogens (tertiary/aromatic N) is 2. The quantitative estimate of drug-likeness (QED) is 0.372. The van der Waals surface area contributed by atoms with Crippen LogP contribution in [0.4, 0.5) is 5.88 Å². The molecule has 1 N–H and O–H groups in total. The summed E-state index contributed by atoms with van der Waals surface area (Å²) in [4.78, 5) is 36.3. The Morgan fingerprint density at radius 3 is 2.50 bits per heavy atom. The highest BCUT2D eigenvalue weighted by molar-refractivity contribution is 6.40. The predicted octanol–water partition coefficient (Wildman–Crippen LogP) is 1.54. The maximum Gasteiger partial charge on any atom is 0.386 e. The van der Waals surface area contributed by atoms with E-state index < -0.39 is 17.7 Å². The van der Waals surface area contributed by atoms with Gasteiger partial charge in [0.1, 0.15) is 0 Å². The van der Waals surface area contributed by atoms with Crippen molar-refractivity contribution in [1.82, 2.24) is 5.27 Å². The number of ketones is 1. The van der Waals surface area contributed by atoms with E-state index in [-0.39, 0.29) is 24.2 Å². The largest absolute Gasteiger partial charge is 0.460 e. The molecule has 0 aliphatic rings. The number of anilines is 1. The van der Waals surface area contributed by atoms with Gasteiger partial charge in [-0.2, -0.15) is 0 Å². The van der Waals surface area contributed by atoms with E-state index in [1.807, 2.05) is 0 Å². The molecular weight excluding hydrogens is 314 g/mol. The Balaban J connectivity index is 2.35. The van der Waals surface area contributed by atoms with Gasteiger partial charge in [-0.05, 0) is 23.7 Å². The first kappa shape index (κ1) is 17.3. The van der Waals surface area contributed by atoms with E-state index in [1.165, 1.54) is 4.68 Å². The minimum atomic E-state index is -1.04. The topological polar surface area (TPSA) is 102 Å². The Morgan fingerprint density at radius 2 is 1.92 bits per heavy atom. The second kappa shape index (κ2) is 7.49. The minimum Gasteiger partial charge on any atom is -0.460 e. The molecule has 0 aliphatic carbocycles. The van der Waals surface area contributed by atoms with Gasteiger partial charge in [0.15, 0.2) is 6.04 Å². The number of hydrogen-bond donors (Lipinski definition) is 1. The van der Waals surface area contributed by atoms with Crippen LogP contribution >= 0.6 is 0 Å². The van der Waals surface area contributed by atoms with Crippen LogP contribution < -0.4 is 10.00 Å². The molecule has 0 unspecified atom stereocenters. The standard InChI is InChI=1S/C16H17N3O5/c1-4-23-16(22)13(20)12-15(24-18-19(12)10(2)3)17-14(21)11-8-6-5-7-9-11/h5-10H,4H2,1-3H3/p+1. The number of aromatic nitrogens is 2. The van der Waals surface area contributed by atoms with Gasteiger partial charge in [0.05, 0.1) is 6.61 Å². The molecule has 0 atom stereocenters. The third-order valence-electron chi connectivity index (χ3n) is 3.09. The highest BCUT2D eigenvalue weighted by Gasteiger charge is 2.39. The minimum absolute atomic E-state index is 0.0588. The molecule has 1 aromatic carbocycles. The van der Waals surface area contributed by atoms with E-state index in [1.54, 1.807) is 51.1 Å². The Morgan fingerprint density at radius 1 is 1.25 bits per heavy atom. The van der Waals surface area contributed by atoms with Crippen LogP contribution in [0.2, 0.25) is 0 Å². The van der Waals surface area contributed by atoms with E-state index in [0.717, 1.165) is 0 Å². The van der Waals surface area contributed by atoms with Crippen LogP contribution in [0.15, 0.2) is 34.9 Å². The van der Waals surface area contributed by atoms with E-state index >= 15 is 0 Å². The predicted molar refractivity (Wildman–Crippen MR) is 82.4 cm³/mol. The van der Waals surface area contributed by atoms with Crippen molar-refractivity contribution in [2.45, 2.75) is 26.8 Å². The van der Waals surface area contributed by atoms with Gasteiger partial charge < -0.3 is 4.74 Å². The lowest BCUT2D eigenvalue weighted by atomic mass is 10.2. The van der Waals surface area contributed by atoms with Crippen molar-refractivity contribution in [2.24, 2.45) is 0 Å². The first-order chi connectivity index (χ1) is 11.5. The maximum atomic E-state index is 12.3.